The average Bonchev–Trinajstić information content (AvgIpc) is 3.28. The number of likely N-dealkylation sites (N-methyl/N-ethyl adjacent to an activating group) is 1. The molecule has 0 spiro atoms. The fraction of sp³-hybridized carbons (Fsp3) is 0.192. The van der Waals surface area contributed by atoms with Gasteiger partial charge in [-0.15, -0.1) is 0 Å². The lowest BCUT2D eigenvalue weighted by molar-refractivity contribution is -0.111. The molecule has 2 aromatic carbocycles. The summed E-state index contributed by atoms with van der Waals surface area (Å²) in [5, 5.41) is 10.6. The van der Waals surface area contributed by atoms with E-state index in [-0.39, 0.29) is 5.91 Å². The lowest BCUT2D eigenvalue weighted by Crippen LogP contribution is -2.44. The van der Waals surface area contributed by atoms with Crippen LogP contribution in [0.15, 0.2) is 79.8 Å². The van der Waals surface area contributed by atoms with Crippen LogP contribution in [0.4, 0.5) is 22.9 Å². The van der Waals surface area contributed by atoms with Crippen molar-refractivity contribution in [2.75, 3.05) is 48.8 Å². The molecule has 0 bridgehead atoms. The van der Waals surface area contributed by atoms with E-state index in [9.17, 15) is 4.79 Å². The second-order valence-electron chi connectivity index (χ2n) is 8.40. The zero-order valence-corrected chi connectivity index (χ0v) is 19.1. The lowest BCUT2D eigenvalue weighted by Gasteiger charge is -2.34. The summed E-state index contributed by atoms with van der Waals surface area (Å²) in [6.07, 6.45) is 4.76. The third-order valence-electron chi connectivity index (χ3n) is 6.05. The molecule has 8 nitrogen and oxygen atoms in total. The molecule has 172 valence electrons. The number of benzene rings is 2. The van der Waals surface area contributed by atoms with Crippen molar-refractivity contribution >= 4 is 34.3 Å². The van der Waals surface area contributed by atoms with Gasteiger partial charge in [-0.2, -0.15) is 5.10 Å². The number of carbonyl (C=O) groups is 1. The molecule has 1 fully saturated rings. The monoisotopic (exact) mass is 453 g/mol. The van der Waals surface area contributed by atoms with Crippen molar-refractivity contribution in [3.8, 4) is 11.1 Å². The summed E-state index contributed by atoms with van der Waals surface area (Å²) in [7, 11) is 2.16. The molecule has 8 heteroatoms. The van der Waals surface area contributed by atoms with E-state index in [4.69, 9.17) is 0 Å². The molecular formula is C26H27N7O. The van der Waals surface area contributed by atoms with Crippen LogP contribution in [0, 0.1) is 0 Å². The Morgan fingerprint density at radius 3 is 2.59 bits per heavy atom. The summed E-state index contributed by atoms with van der Waals surface area (Å²) in [5.74, 6) is 0.490. The van der Waals surface area contributed by atoms with E-state index in [1.165, 1.54) is 11.8 Å². The number of fused-ring (bicyclic) bond motifs is 1. The van der Waals surface area contributed by atoms with Gasteiger partial charge >= 0.3 is 0 Å². The molecule has 2 N–H and O–H groups in total. The van der Waals surface area contributed by atoms with Gasteiger partial charge in [-0.05, 0) is 55.1 Å². The molecule has 4 aromatic rings. The summed E-state index contributed by atoms with van der Waals surface area (Å²) >= 11 is 0. The number of nitrogens with zero attached hydrogens (tertiary/aromatic N) is 5. The van der Waals surface area contributed by atoms with Gasteiger partial charge in [0.15, 0.2) is 0 Å². The highest BCUT2D eigenvalue weighted by molar-refractivity contribution is 5.99. The maximum absolute atomic E-state index is 11.7. The number of nitrogens with one attached hydrogen (secondary N) is 2. The molecule has 1 aliphatic rings. The van der Waals surface area contributed by atoms with E-state index in [0.717, 1.165) is 54.3 Å². The summed E-state index contributed by atoms with van der Waals surface area (Å²) < 4.78 is 1.74. The van der Waals surface area contributed by atoms with Gasteiger partial charge in [-0.25, -0.2) is 9.50 Å². The first-order valence-electron chi connectivity index (χ1n) is 11.3. The molecule has 1 aliphatic heterocycles. The minimum Gasteiger partial charge on any atom is -0.369 e. The van der Waals surface area contributed by atoms with Gasteiger partial charge in [0, 0.05) is 54.9 Å². The highest BCUT2D eigenvalue weighted by atomic mass is 16.1. The van der Waals surface area contributed by atoms with Gasteiger partial charge in [0.1, 0.15) is 12.1 Å². The molecule has 2 aromatic heterocycles. The van der Waals surface area contributed by atoms with E-state index < -0.39 is 0 Å². The molecule has 0 radical (unpaired) electrons. The molecule has 1 amide bonds. The Morgan fingerprint density at radius 1 is 1.03 bits per heavy atom. The summed E-state index contributed by atoms with van der Waals surface area (Å²) in [4.78, 5) is 20.9. The fourth-order valence-corrected chi connectivity index (χ4v) is 4.11. The van der Waals surface area contributed by atoms with Crippen molar-refractivity contribution in [2.24, 2.45) is 0 Å². The van der Waals surface area contributed by atoms with E-state index in [1.54, 1.807) is 17.0 Å². The van der Waals surface area contributed by atoms with Crippen LogP contribution in [0.3, 0.4) is 0 Å². The normalized spacial score (nSPS) is 14.2. The predicted molar refractivity (Wildman–Crippen MR) is 137 cm³/mol. The Bertz CT molecular complexity index is 1320. The first kappa shape index (κ1) is 21.7. The van der Waals surface area contributed by atoms with Crippen LogP contribution in [0.5, 0.6) is 0 Å². The Labute approximate surface area is 198 Å². The Balaban J connectivity index is 1.36. The number of rotatable bonds is 6. The molecule has 34 heavy (non-hydrogen) atoms. The van der Waals surface area contributed by atoms with E-state index in [0.29, 0.717) is 5.69 Å². The van der Waals surface area contributed by atoms with E-state index in [1.807, 2.05) is 30.3 Å². The van der Waals surface area contributed by atoms with Crippen LogP contribution in [-0.4, -0.2) is 58.6 Å². The summed E-state index contributed by atoms with van der Waals surface area (Å²) in [5.41, 5.74) is 5.73. The number of amides is 1. The molecule has 0 aliphatic carbocycles. The van der Waals surface area contributed by atoms with E-state index in [2.05, 4.69) is 68.4 Å². The van der Waals surface area contributed by atoms with Gasteiger partial charge in [-0.1, -0.05) is 18.7 Å². The number of hydrogen-bond donors (Lipinski definition) is 2. The molecular weight excluding hydrogens is 426 g/mol. The maximum Gasteiger partial charge on any atom is 0.247 e. The van der Waals surface area contributed by atoms with Crippen molar-refractivity contribution in [2.45, 2.75) is 0 Å². The summed E-state index contributed by atoms with van der Waals surface area (Å²) in [6, 6.07) is 18.1. The first-order valence-corrected chi connectivity index (χ1v) is 11.3. The summed E-state index contributed by atoms with van der Waals surface area (Å²) in [6.45, 7) is 7.76. The smallest absolute Gasteiger partial charge is 0.247 e. The number of aromatic nitrogens is 3. The Kier molecular flexibility index (Phi) is 5.97. The third-order valence-corrected chi connectivity index (χ3v) is 6.05. The van der Waals surface area contributed by atoms with Gasteiger partial charge in [-0.3, -0.25) is 4.79 Å². The van der Waals surface area contributed by atoms with Crippen molar-refractivity contribution < 1.29 is 4.79 Å². The van der Waals surface area contributed by atoms with Gasteiger partial charge in [0.05, 0.1) is 11.7 Å². The number of hydrogen-bond acceptors (Lipinski definition) is 6. The van der Waals surface area contributed by atoms with Gasteiger partial charge < -0.3 is 20.4 Å². The van der Waals surface area contributed by atoms with Gasteiger partial charge in [0.25, 0.3) is 0 Å². The molecule has 0 saturated carbocycles. The van der Waals surface area contributed by atoms with Crippen LogP contribution in [-0.2, 0) is 4.79 Å². The SMILES string of the molecule is C=CC(=O)Nc1cccc(-c2cnn3cnc(Nc4ccc(N5CCN(C)CC5)cc4)cc23)c1. The van der Waals surface area contributed by atoms with Crippen molar-refractivity contribution in [1.29, 1.82) is 0 Å². The highest BCUT2D eigenvalue weighted by Crippen LogP contribution is 2.29. The van der Waals surface area contributed by atoms with Crippen LogP contribution in [0.1, 0.15) is 0 Å². The average molecular weight is 454 g/mol. The molecule has 3 heterocycles. The first-order chi connectivity index (χ1) is 16.6. The Morgan fingerprint density at radius 2 is 1.82 bits per heavy atom. The number of anilines is 4. The second kappa shape index (κ2) is 9.36. The molecule has 0 unspecified atom stereocenters. The van der Waals surface area contributed by atoms with Crippen LogP contribution < -0.4 is 15.5 Å². The van der Waals surface area contributed by atoms with Crippen LogP contribution in [0.2, 0.25) is 0 Å². The van der Waals surface area contributed by atoms with Crippen molar-refractivity contribution in [3.63, 3.8) is 0 Å². The number of carbonyl (C=O) groups excluding carboxylic acids is 1. The Hall–Kier alpha value is -4.17. The largest absolute Gasteiger partial charge is 0.369 e. The highest BCUT2D eigenvalue weighted by Gasteiger charge is 2.14. The standard InChI is InChI=1S/C26H27N7O/c1-3-26(34)30-21-6-4-5-19(15-21)23-17-28-33-18-27-25(16-24(23)33)29-20-7-9-22(10-8-20)32-13-11-31(2)12-14-32/h3-10,15-18,29H,1,11-14H2,2H3,(H,30,34). The topological polar surface area (TPSA) is 77.8 Å². The molecule has 0 atom stereocenters. The van der Waals surface area contributed by atoms with Crippen molar-refractivity contribution in [1.82, 2.24) is 19.5 Å². The maximum atomic E-state index is 11.7. The van der Waals surface area contributed by atoms with E-state index >= 15 is 0 Å². The molecule has 1 saturated heterocycles. The van der Waals surface area contributed by atoms with Crippen LogP contribution >= 0.6 is 0 Å². The predicted octanol–water partition coefficient (Wildman–Crippen LogP) is 4.02. The van der Waals surface area contributed by atoms with Crippen molar-refractivity contribution in [3.05, 3.63) is 79.8 Å². The fourth-order valence-electron chi connectivity index (χ4n) is 4.11. The number of piperazine rings is 1. The quantitative estimate of drug-likeness (QED) is 0.430. The minimum absolute atomic E-state index is 0.244. The van der Waals surface area contributed by atoms with Crippen LogP contribution in [0.25, 0.3) is 16.6 Å². The zero-order valence-electron chi connectivity index (χ0n) is 19.1. The second-order valence-corrected chi connectivity index (χ2v) is 8.40. The van der Waals surface area contributed by atoms with Gasteiger partial charge in [0.2, 0.25) is 5.91 Å². The zero-order chi connectivity index (χ0) is 23.5. The minimum atomic E-state index is -0.244. The third kappa shape index (κ3) is 4.62. The molecule has 5 rings (SSSR count). The lowest BCUT2D eigenvalue weighted by atomic mass is 10.1.